The molecule has 0 aliphatic heterocycles. The second kappa shape index (κ2) is 16.2. The number of anilines is 3. The number of fused-ring (bicyclic) bond motifs is 7. The first-order valence-corrected chi connectivity index (χ1v) is 23.7. The summed E-state index contributed by atoms with van der Waals surface area (Å²) in [6, 6.07) is 93.1. The number of aromatic nitrogens is 1. The zero-order valence-corrected chi connectivity index (χ0v) is 37.4. The molecular weight excluding hydrogens is 829 g/mol. The molecule has 0 bridgehead atoms. The molecule has 0 atom stereocenters. The van der Waals surface area contributed by atoms with Gasteiger partial charge >= 0.3 is 0 Å². The molecule has 67 heavy (non-hydrogen) atoms. The quantitative estimate of drug-likeness (QED) is 0.148. The Morgan fingerprint density at radius 2 is 0.806 bits per heavy atom. The summed E-state index contributed by atoms with van der Waals surface area (Å²) in [5, 5.41) is 7.59. The van der Waals surface area contributed by atoms with E-state index in [0.717, 1.165) is 11.4 Å². The summed E-state index contributed by atoms with van der Waals surface area (Å²) < 4.78 is 4.99. The number of rotatable bonds is 8. The third-order valence-electron chi connectivity index (χ3n) is 13.4. The molecule has 11 aromatic carbocycles. The second-order valence-electron chi connectivity index (χ2n) is 17.3. The molecule has 0 aliphatic rings. The molecule has 0 radical (unpaired) electrons. The van der Waals surface area contributed by atoms with E-state index in [4.69, 9.17) is 0 Å². The Labute approximate surface area is 393 Å². The average Bonchev–Trinajstić information content (AvgIpc) is 3.96. The number of nitrogens with zero attached hydrogens (tertiary/aromatic N) is 2. The van der Waals surface area contributed by atoms with Gasteiger partial charge < -0.3 is 9.47 Å². The van der Waals surface area contributed by atoms with Gasteiger partial charge in [-0.25, -0.2) is 0 Å². The van der Waals surface area contributed by atoms with Crippen molar-refractivity contribution in [3.63, 3.8) is 0 Å². The molecule has 2 nitrogen and oxygen atoms in total. The molecule has 0 spiro atoms. The molecule has 0 N–H and O–H groups in total. The Bertz CT molecular complexity index is 3920. The van der Waals surface area contributed by atoms with E-state index in [0.29, 0.717) is 0 Å². The van der Waals surface area contributed by atoms with Crippen LogP contribution in [0.25, 0.3) is 103 Å². The zero-order valence-electron chi connectivity index (χ0n) is 36.6. The van der Waals surface area contributed by atoms with Crippen LogP contribution in [-0.4, -0.2) is 4.57 Å². The van der Waals surface area contributed by atoms with Crippen LogP contribution in [0.2, 0.25) is 0 Å². The Morgan fingerprint density at radius 1 is 0.313 bits per heavy atom. The van der Waals surface area contributed by atoms with E-state index < -0.39 is 0 Å². The van der Waals surface area contributed by atoms with Crippen molar-refractivity contribution in [3.8, 4) is 50.2 Å². The summed E-state index contributed by atoms with van der Waals surface area (Å²) in [5.41, 5.74) is 16.5. The van der Waals surface area contributed by atoms with E-state index in [1.165, 1.54) is 109 Å². The van der Waals surface area contributed by atoms with Crippen molar-refractivity contribution in [1.82, 2.24) is 4.57 Å². The van der Waals surface area contributed by atoms with Gasteiger partial charge in [0.05, 0.1) is 22.4 Å². The molecule has 0 saturated carbocycles. The fourth-order valence-corrected chi connectivity index (χ4v) is 11.3. The van der Waals surface area contributed by atoms with Gasteiger partial charge in [-0.3, -0.25) is 0 Å². The summed E-state index contributed by atoms with van der Waals surface area (Å²) in [7, 11) is 0. The highest BCUT2D eigenvalue weighted by atomic mass is 32.1. The number of hydrogen-bond acceptors (Lipinski definition) is 2. The van der Waals surface area contributed by atoms with Gasteiger partial charge in [0.25, 0.3) is 0 Å². The first kappa shape index (κ1) is 38.9. The SMILES string of the molecule is c1cc(-c2ccc(N(c3ccc(-c4ccc(-c5ccccc5-n5c6ccccc6c6ccccc65)cc4)cc3)c3cccc4sc5ccccc5c34)cc2)cc(-c2ccc3ccccc3c2)c1. The van der Waals surface area contributed by atoms with E-state index in [2.05, 4.69) is 264 Å². The highest BCUT2D eigenvalue weighted by molar-refractivity contribution is 7.26. The van der Waals surface area contributed by atoms with Crippen LogP contribution in [0, 0.1) is 0 Å². The lowest BCUT2D eigenvalue weighted by molar-refractivity contribution is 1.18. The van der Waals surface area contributed by atoms with E-state index in [-0.39, 0.29) is 0 Å². The van der Waals surface area contributed by atoms with Gasteiger partial charge in [0.2, 0.25) is 0 Å². The van der Waals surface area contributed by atoms with Crippen LogP contribution in [0.15, 0.2) is 255 Å². The molecule has 0 amide bonds. The number of para-hydroxylation sites is 3. The third kappa shape index (κ3) is 6.79. The van der Waals surface area contributed by atoms with Gasteiger partial charge in [-0.05, 0) is 123 Å². The van der Waals surface area contributed by atoms with Gasteiger partial charge in [-0.2, -0.15) is 0 Å². The lowest BCUT2D eigenvalue weighted by Gasteiger charge is -2.27. The normalized spacial score (nSPS) is 11.6. The first-order valence-electron chi connectivity index (χ1n) is 22.9. The van der Waals surface area contributed by atoms with Crippen LogP contribution in [0.3, 0.4) is 0 Å². The molecule has 3 heteroatoms. The highest BCUT2D eigenvalue weighted by Gasteiger charge is 2.20. The fraction of sp³-hybridized carbons (Fsp3) is 0. The standard InChI is InChI=1S/C64H42N2S/c1-2-14-48-42-51(32-29-43(48)13-1)50-16-11-15-49(41-50)46-35-39-53(40-36-46)65(61-24-12-26-63-64(61)57-20-6-10-25-62(57)67-63)52-37-33-45(34-38-52)44-27-30-47(31-28-44)54-17-3-7-21-58(54)66-59-22-8-4-18-55(59)56-19-5-9-23-60(56)66/h1-42H. The molecule has 2 aromatic heterocycles. The molecular formula is C64H42N2S. The Morgan fingerprint density at radius 3 is 1.52 bits per heavy atom. The number of hydrogen-bond donors (Lipinski definition) is 0. The third-order valence-corrected chi connectivity index (χ3v) is 14.5. The highest BCUT2D eigenvalue weighted by Crippen LogP contribution is 2.46. The molecule has 13 aromatic rings. The summed E-state index contributed by atoms with van der Waals surface area (Å²) in [5.74, 6) is 0. The largest absolute Gasteiger partial charge is 0.310 e. The smallest absolute Gasteiger partial charge is 0.0554 e. The van der Waals surface area contributed by atoms with Crippen molar-refractivity contribution in [2.45, 2.75) is 0 Å². The van der Waals surface area contributed by atoms with Crippen molar-refractivity contribution < 1.29 is 0 Å². The van der Waals surface area contributed by atoms with E-state index >= 15 is 0 Å². The molecule has 314 valence electrons. The Kier molecular flexibility index (Phi) is 9.40. The van der Waals surface area contributed by atoms with Gasteiger partial charge in [-0.1, -0.05) is 182 Å². The van der Waals surface area contributed by atoms with Crippen LogP contribution in [0.4, 0.5) is 17.1 Å². The summed E-state index contributed by atoms with van der Waals surface area (Å²) in [6.45, 7) is 0. The summed E-state index contributed by atoms with van der Waals surface area (Å²) in [6.07, 6.45) is 0. The van der Waals surface area contributed by atoms with Crippen molar-refractivity contribution in [2.75, 3.05) is 4.90 Å². The van der Waals surface area contributed by atoms with E-state index in [1.807, 2.05) is 11.3 Å². The minimum absolute atomic E-state index is 1.11. The molecule has 2 heterocycles. The minimum atomic E-state index is 1.11. The predicted molar refractivity (Wildman–Crippen MR) is 288 cm³/mol. The fourth-order valence-electron chi connectivity index (χ4n) is 10.2. The number of benzene rings is 11. The molecule has 13 rings (SSSR count). The monoisotopic (exact) mass is 870 g/mol. The van der Waals surface area contributed by atoms with Gasteiger partial charge in [0.15, 0.2) is 0 Å². The molecule has 0 unspecified atom stereocenters. The van der Waals surface area contributed by atoms with Gasteiger partial charge in [0.1, 0.15) is 0 Å². The number of thiophene rings is 1. The lowest BCUT2D eigenvalue weighted by atomic mass is 9.97. The van der Waals surface area contributed by atoms with E-state index in [1.54, 1.807) is 0 Å². The maximum absolute atomic E-state index is 2.43. The van der Waals surface area contributed by atoms with Crippen LogP contribution >= 0.6 is 11.3 Å². The predicted octanol–water partition coefficient (Wildman–Crippen LogP) is 18.4. The molecule has 0 fully saturated rings. The Hall–Kier alpha value is -8.50. The van der Waals surface area contributed by atoms with Gasteiger partial charge in [0, 0.05) is 47.9 Å². The van der Waals surface area contributed by atoms with Crippen LogP contribution in [0.5, 0.6) is 0 Å². The first-order chi connectivity index (χ1) is 33.2. The topological polar surface area (TPSA) is 8.17 Å². The van der Waals surface area contributed by atoms with Crippen molar-refractivity contribution in [1.29, 1.82) is 0 Å². The lowest BCUT2D eigenvalue weighted by Crippen LogP contribution is -2.10. The summed E-state index contributed by atoms with van der Waals surface area (Å²) >= 11 is 1.86. The van der Waals surface area contributed by atoms with Crippen LogP contribution < -0.4 is 4.90 Å². The maximum atomic E-state index is 2.43. The van der Waals surface area contributed by atoms with Gasteiger partial charge in [-0.15, -0.1) is 11.3 Å². The van der Waals surface area contributed by atoms with Crippen molar-refractivity contribution in [3.05, 3.63) is 255 Å². The zero-order chi connectivity index (χ0) is 44.3. The van der Waals surface area contributed by atoms with E-state index in [9.17, 15) is 0 Å². The second-order valence-corrected chi connectivity index (χ2v) is 18.4. The van der Waals surface area contributed by atoms with Crippen molar-refractivity contribution >= 4 is 81.1 Å². The maximum Gasteiger partial charge on any atom is 0.0554 e. The minimum Gasteiger partial charge on any atom is -0.310 e. The van der Waals surface area contributed by atoms with Crippen LogP contribution in [-0.2, 0) is 0 Å². The average molecular weight is 871 g/mol. The molecule has 0 aliphatic carbocycles. The van der Waals surface area contributed by atoms with Crippen molar-refractivity contribution in [2.24, 2.45) is 0 Å². The summed E-state index contributed by atoms with van der Waals surface area (Å²) in [4.78, 5) is 2.43. The van der Waals surface area contributed by atoms with Crippen LogP contribution in [0.1, 0.15) is 0 Å². The molecule has 0 saturated heterocycles. The Balaban J connectivity index is 0.855.